The van der Waals surface area contributed by atoms with Crippen LogP contribution in [-0.4, -0.2) is 21.6 Å². The second kappa shape index (κ2) is 9.20. The first-order valence-electron chi connectivity index (χ1n) is 7.99. The van der Waals surface area contributed by atoms with Crippen LogP contribution in [0.1, 0.15) is 5.56 Å². The van der Waals surface area contributed by atoms with E-state index in [1.807, 2.05) is 30.3 Å². The molecule has 8 heteroatoms. The molecule has 1 heterocycles. The number of nitrogens with one attached hydrogen (secondary N) is 2. The molecule has 0 saturated carbocycles. The molecule has 2 N–H and O–H groups in total. The van der Waals surface area contributed by atoms with Gasteiger partial charge in [-0.05, 0) is 29.8 Å². The Morgan fingerprint density at radius 2 is 1.96 bits per heavy atom. The predicted octanol–water partition coefficient (Wildman–Crippen LogP) is 3.64. The number of carbonyl (C=O) groups is 1. The first-order chi connectivity index (χ1) is 13.1. The average molecular weight is 398 g/mol. The molecule has 0 aliphatic carbocycles. The second-order valence-corrected chi connectivity index (χ2v) is 7.18. The zero-order chi connectivity index (χ0) is 19.1. The molecule has 0 spiro atoms. The molecule has 1 aromatic heterocycles. The maximum absolute atomic E-state index is 12.8. The monoisotopic (exact) mass is 398 g/mol. The number of nitrogens with zero attached hydrogens (tertiary/aromatic N) is 2. The molecule has 0 saturated heterocycles. The summed E-state index contributed by atoms with van der Waals surface area (Å²) in [7, 11) is 0. The number of pyridine rings is 1. The summed E-state index contributed by atoms with van der Waals surface area (Å²) >= 11 is 6.62. The van der Waals surface area contributed by atoms with E-state index >= 15 is 0 Å². The van der Waals surface area contributed by atoms with Crippen molar-refractivity contribution in [1.82, 2.24) is 15.7 Å². The summed E-state index contributed by atoms with van der Waals surface area (Å²) in [6.45, 7) is 0. The van der Waals surface area contributed by atoms with Crippen molar-refractivity contribution in [3.8, 4) is 0 Å². The number of carbonyl (C=O) groups excluding carboxylic acids is 1. The van der Waals surface area contributed by atoms with Gasteiger partial charge >= 0.3 is 0 Å². The Kier molecular flexibility index (Phi) is 6.45. The lowest BCUT2D eigenvalue weighted by molar-refractivity contribution is -0.118. The minimum atomic E-state index is -0.335. The van der Waals surface area contributed by atoms with Gasteiger partial charge in [-0.2, -0.15) is 5.10 Å². The molecule has 0 aliphatic heterocycles. The number of thioether (sulfide) groups is 1. The SMILES string of the molecule is O=C(Cc1ccc(F)cc1)N/C=N/NC(=S)Sc1ccnc2ccccc12. The highest BCUT2D eigenvalue weighted by Gasteiger charge is 2.05. The largest absolute Gasteiger partial charge is 0.315 e. The van der Waals surface area contributed by atoms with Gasteiger partial charge in [0.05, 0.1) is 11.9 Å². The molecule has 0 fully saturated rings. The lowest BCUT2D eigenvalue weighted by Crippen LogP contribution is -2.25. The fourth-order valence-electron chi connectivity index (χ4n) is 2.31. The van der Waals surface area contributed by atoms with Crippen LogP contribution in [0.2, 0.25) is 0 Å². The van der Waals surface area contributed by atoms with E-state index in [2.05, 4.69) is 20.8 Å². The number of amides is 1. The number of hydrogen-bond donors (Lipinski definition) is 2. The number of rotatable bonds is 5. The molecular weight excluding hydrogens is 383 g/mol. The van der Waals surface area contributed by atoms with E-state index in [0.29, 0.717) is 9.88 Å². The van der Waals surface area contributed by atoms with Crippen molar-refractivity contribution >= 4 is 51.4 Å². The Balaban J connectivity index is 1.48. The van der Waals surface area contributed by atoms with Gasteiger partial charge < -0.3 is 5.32 Å². The van der Waals surface area contributed by atoms with Crippen LogP contribution in [0, 0.1) is 5.82 Å². The van der Waals surface area contributed by atoms with Gasteiger partial charge in [0, 0.05) is 16.5 Å². The van der Waals surface area contributed by atoms with E-state index in [4.69, 9.17) is 12.2 Å². The zero-order valence-electron chi connectivity index (χ0n) is 14.1. The summed E-state index contributed by atoms with van der Waals surface area (Å²) in [6.07, 6.45) is 3.10. The Labute approximate surface area is 165 Å². The molecule has 3 rings (SSSR count). The van der Waals surface area contributed by atoms with Gasteiger partial charge in [-0.3, -0.25) is 15.2 Å². The van der Waals surface area contributed by atoms with Crippen LogP contribution in [-0.2, 0) is 11.2 Å². The van der Waals surface area contributed by atoms with E-state index in [-0.39, 0.29) is 18.1 Å². The molecule has 0 aliphatic rings. The smallest absolute Gasteiger partial charge is 0.229 e. The molecule has 0 atom stereocenters. The molecule has 27 heavy (non-hydrogen) atoms. The van der Waals surface area contributed by atoms with Gasteiger partial charge in [-0.1, -0.05) is 54.3 Å². The lowest BCUT2D eigenvalue weighted by Gasteiger charge is -2.06. The maximum Gasteiger partial charge on any atom is 0.229 e. The third kappa shape index (κ3) is 5.57. The fourth-order valence-corrected chi connectivity index (χ4v) is 3.34. The standard InChI is InChI=1S/C19H15FN4OS2/c20-14-7-5-13(6-8-14)11-18(25)22-12-23-24-19(26)27-17-9-10-21-16-4-2-1-3-15(16)17/h1-10,12H,11H2,(H,24,26)(H,22,23,25). The number of hydrogen-bond acceptors (Lipinski definition) is 5. The fraction of sp³-hybridized carbons (Fsp3) is 0.0526. The minimum Gasteiger partial charge on any atom is -0.315 e. The number of hydrazone groups is 1. The normalized spacial score (nSPS) is 10.9. The van der Waals surface area contributed by atoms with E-state index < -0.39 is 0 Å². The highest BCUT2D eigenvalue weighted by Crippen LogP contribution is 2.26. The van der Waals surface area contributed by atoms with Crippen LogP contribution in [0.25, 0.3) is 10.9 Å². The van der Waals surface area contributed by atoms with Crippen molar-refractivity contribution in [3.05, 3.63) is 72.2 Å². The van der Waals surface area contributed by atoms with Crippen molar-refractivity contribution in [2.45, 2.75) is 11.3 Å². The second-order valence-electron chi connectivity index (χ2n) is 5.46. The highest BCUT2D eigenvalue weighted by molar-refractivity contribution is 8.23. The Hall–Kier alpha value is -2.84. The number of para-hydroxylation sites is 1. The molecule has 3 aromatic rings. The Morgan fingerprint density at radius 1 is 1.19 bits per heavy atom. The van der Waals surface area contributed by atoms with Gasteiger partial charge in [0.25, 0.3) is 0 Å². The lowest BCUT2D eigenvalue weighted by atomic mass is 10.1. The van der Waals surface area contributed by atoms with E-state index in [1.165, 1.54) is 30.2 Å². The molecule has 0 bridgehead atoms. The van der Waals surface area contributed by atoms with Crippen LogP contribution in [0.5, 0.6) is 0 Å². The van der Waals surface area contributed by atoms with Crippen molar-refractivity contribution in [3.63, 3.8) is 0 Å². The highest BCUT2D eigenvalue weighted by atomic mass is 32.2. The maximum atomic E-state index is 12.8. The third-order valence-corrected chi connectivity index (χ3v) is 4.73. The number of halogens is 1. The summed E-state index contributed by atoms with van der Waals surface area (Å²) in [6, 6.07) is 15.4. The summed E-state index contributed by atoms with van der Waals surface area (Å²) in [5, 5.41) is 7.43. The summed E-state index contributed by atoms with van der Waals surface area (Å²) in [4.78, 5) is 17.1. The molecule has 5 nitrogen and oxygen atoms in total. The molecule has 0 unspecified atom stereocenters. The van der Waals surface area contributed by atoms with Crippen molar-refractivity contribution in [2.24, 2.45) is 5.10 Å². The average Bonchev–Trinajstić information content (AvgIpc) is 2.67. The van der Waals surface area contributed by atoms with Gasteiger partial charge in [0.1, 0.15) is 12.2 Å². The Morgan fingerprint density at radius 3 is 2.78 bits per heavy atom. The van der Waals surface area contributed by atoms with Crippen LogP contribution in [0.4, 0.5) is 4.39 Å². The van der Waals surface area contributed by atoms with Crippen molar-refractivity contribution in [2.75, 3.05) is 0 Å². The van der Waals surface area contributed by atoms with Crippen LogP contribution < -0.4 is 10.7 Å². The first-order valence-corrected chi connectivity index (χ1v) is 9.21. The van der Waals surface area contributed by atoms with Crippen LogP contribution in [0.3, 0.4) is 0 Å². The molecular formula is C19H15FN4OS2. The van der Waals surface area contributed by atoms with Gasteiger partial charge in [-0.15, -0.1) is 0 Å². The number of fused-ring (bicyclic) bond motifs is 1. The van der Waals surface area contributed by atoms with Gasteiger partial charge in [0.15, 0.2) is 4.32 Å². The predicted molar refractivity (Wildman–Crippen MR) is 110 cm³/mol. The van der Waals surface area contributed by atoms with E-state index in [1.54, 1.807) is 18.3 Å². The number of thiocarbonyl (C=S) groups is 1. The molecule has 136 valence electrons. The van der Waals surface area contributed by atoms with Gasteiger partial charge in [0.2, 0.25) is 5.91 Å². The summed E-state index contributed by atoms with van der Waals surface area (Å²) in [5.41, 5.74) is 4.31. The van der Waals surface area contributed by atoms with Crippen LogP contribution >= 0.6 is 24.0 Å². The number of aromatic nitrogens is 1. The van der Waals surface area contributed by atoms with E-state index in [0.717, 1.165) is 15.8 Å². The first kappa shape index (κ1) is 18.9. The zero-order valence-corrected chi connectivity index (χ0v) is 15.7. The molecule has 0 radical (unpaired) electrons. The van der Waals surface area contributed by atoms with Crippen LogP contribution in [0.15, 0.2) is 70.8 Å². The quantitative estimate of drug-likeness (QED) is 0.226. The Bertz CT molecular complexity index is 987. The topological polar surface area (TPSA) is 66.4 Å². The van der Waals surface area contributed by atoms with Crippen molar-refractivity contribution in [1.29, 1.82) is 0 Å². The molecule has 1 amide bonds. The van der Waals surface area contributed by atoms with Crippen molar-refractivity contribution < 1.29 is 9.18 Å². The number of benzene rings is 2. The summed E-state index contributed by atoms with van der Waals surface area (Å²) in [5.74, 6) is -0.594. The molecule has 2 aromatic carbocycles. The van der Waals surface area contributed by atoms with Gasteiger partial charge in [-0.25, -0.2) is 4.39 Å². The van der Waals surface area contributed by atoms with E-state index in [9.17, 15) is 9.18 Å². The minimum absolute atomic E-state index is 0.133. The third-order valence-electron chi connectivity index (χ3n) is 3.54. The summed E-state index contributed by atoms with van der Waals surface area (Å²) < 4.78 is 13.3.